The lowest BCUT2D eigenvalue weighted by Crippen LogP contribution is -2.46. The third-order valence-electron chi connectivity index (χ3n) is 3.09. The highest BCUT2D eigenvalue weighted by Crippen LogP contribution is 2.25. The number of carbonyl (C=O) groups is 2. The zero-order valence-electron chi connectivity index (χ0n) is 10.9. The summed E-state index contributed by atoms with van der Waals surface area (Å²) >= 11 is 0. The Morgan fingerprint density at radius 2 is 1.63 bits per heavy atom. The third kappa shape index (κ3) is 6.30. The molecular weight excluding hydrogens is 265 g/mol. The molecule has 0 aliphatic carbocycles. The summed E-state index contributed by atoms with van der Waals surface area (Å²) in [5.74, 6) is -1.03. The van der Waals surface area contributed by atoms with Crippen LogP contribution in [0, 0.1) is 5.41 Å². The molecule has 0 atom stereocenters. The number of nitrogens with one attached hydrogen (secondary N) is 2. The second-order valence-corrected chi connectivity index (χ2v) is 4.27. The molecule has 0 spiro atoms. The van der Waals surface area contributed by atoms with Gasteiger partial charge in [0.15, 0.2) is 0 Å². The minimum atomic E-state index is -4.33. The molecule has 3 N–H and O–H groups in total. The Hall–Kier alpha value is -1.47. The number of rotatable bonds is 7. The summed E-state index contributed by atoms with van der Waals surface area (Å²) in [6.45, 7) is 2.71. The third-order valence-corrected chi connectivity index (χ3v) is 3.09. The molecule has 5 nitrogen and oxygen atoms in total. The van der Waals surface area contributed by atoms with E-state index in [1.54, 1.807) is 13.8 Å². The molecule has 0 rings (SSSR count). The SMILES string of the molecule is CCC(CC)(CNC(=O)NCCC(F)(F)F)C(=O)O. The number of urea groups is 1. The first-order chi connectivity index (χ1) is 8.67. The summed E-state index contributed by atoms with van der Waals surface area (Å²) in [5, 5.41) is 13.4. The molecule has 0 radical (unpaired) electrons. The lowest BCUT2D eigenvalue weighted by molar-refractivity contribution is -0.149. The van der Waals surface area contributed by atoms with E-state index in [1.807, 2.05) is 5.32 Å². The number of hydrogen-bond donors (Lipinski definition) is 3. The predicted molar refractivity (Wildman–Crippen MR) is 62.7 cm³/mol. The van der Waals surface area contributed by atoms with Gasteiger partial charge in [0.05, 0.1) is 11.8 Å². The molecule has 8 heteroatoms. The van der Waals surface area contributed by atoms with Crippen LogP contribution in [0.15, 0.2) is 0 Å². The van der Waals surface area contributed by atoms with Gasteiger partial charge < -0.3 is 15.7 Å². The van der Waals surface area contributed by atoms with Crippen molar-refractivity contribution < 1.29 is 27.9 Å². The van der Waals surface area contributed by atoms with Gasteiger partial charge in [-0.05, 0) is 12.8 Å². The van der Waals surface area contributed by atoms with Gasteiger partial charge in [0.2, 0.25) is 0 Å². The van der Waals surface area contributed by atoms with E-state index in [2.05, 4.69) is 5.32 Å². The molecule has 2 amide bonds. The van der Waals surface area contributed by atoms with Crippen molar-refractivity contribution in [3.05, 3.63) is 0 Å². The van der Waals surface area contributed by atoms with Crippen molar-refractivity contribution in [3.8, 4) is 0 Å². The molecule has 0 fully saturated rings. The van der Waals surface area contributed by atoms with Crippen LogP contribution in [0.4, 0.5) is 18.0 Å². The summed E-state index contributed by atoms with van der Waals surface area (Å²) in [6, 6.07) is -0.795. The Bertz CT molecular complexity index is 315. The maximum atomic E-state index is 11.8. The van der Waals surface area contributed by atoms with Crippen molar-refractivity contribution in [1.82, 2.24) is 10.6 Å². The predicted octanol–water partition coefficient (Wildman–Crippen LogP) is 2.13. The summed E-state index contributed by atoms with van der Waals surface area (Å²) in [4.78, 5) is 22.4. The lowest BCUT2D eigenvalue weighted by Gasteiger charge is -2.26. The van der Waals surface area contributed by atoms with E-state index in [0.717, 1.165) is 0 Å². The Morgan fingerprint density at radius 1 is 1.11 bits per heavy atom. The molecule has 0 aromatic heterocycles. The normalized spacial score (nSPS) is 12.1. The van der Waals surface area contributed by atoms with E-state index in [0.29, 0.717) is 12.8 Å². The van der Waals surface area contributed by atoms with Crippen molar-refractivity contribution >= 4 is 12.0 Å². The van der Waals surface area contributed by atoms with Crippen LogP contribution in [-0.4, -0.2) is 36.4 Å². The largest absolute Gasteiger partial charge is 0.481 e. The monoisotopic (exact) mass is 284 g/mol. The lowest BCUT2D eigenvalue weighted by atomic mass is 9.82. The quantitative estimate of drug-likeness (QED) is 0.670. The number of carboxylic acids is 1. The molecule has 0 aromatic carbocycles. The number of alkyl halides is 3. The molecule has 0 aliphatic heterocycles. The molecule has 0 bridgehead atoms. The molecule has 0 aromatic rings. The van der Waals surface area contributed by atoms with Gasteiger partial charge in [0.25, 0.3) is 0 Å². The van der Waals surface area contributed by atoms with Crippen LogP contribution in [0.2, 0.25) is 0 Å². The second-order valence-electron chi connectivity index (χ2n) is 4.27. The van der Waals surface area contributed by atoms with E-state index in [4.69, 9.17) is 5.11 Å². The molecule has 0 saturated heterocycles. The number of halogens is 3. The van der Waals surface area contributed by atoms with Crippen LogP contribution in [0.1, 0.15) is 33.1 Å². The number of carbonyl (C=O) groups excluding carboxylic acids is 1. The van der Waals surface area contributed by atoms with Crippen molar-refractivity contribution in [3.63, 3.8) is 0 Å². The fourth-order valence-corrected chi connectivity index (χ4v) is 1.51. The van der Waals surface area contributed by atoms with E-state index >= 15 is 0 Å². The van der Waals surface area contributed by atoms with Crippen LogP contribution < -0.4 is 10.6 Å². The molecule has 19 heavy (non-hydrogen) atoms. The Labute approximate surface area is 109 Å². The van der Waals surface area contributed by atoms with Gasteiger partial charge in [-0.1, -0.05) is 13.8 Å². The number of aliphatic carboxylic acids is 1. The Balaban J connectivity index is 4.17. The summed E-state index contributed by atoms with van der Waals surface area (Å²) < 4.78 is 35.5. The van der Waals surface area contributed by atoms with E-state index in [-0.39, 0.29) is 6.54 Å². The smallest absolute Gasteiger partial charge is 0.390 e. The molecule has 0 heterocycles. The zero-order valence-corrected chi connectivity index (χ0v) is 10.9. The Morgan fingerprint density at radius 3 is 2.00 bits per heavy atom. The average molecular weight is 284 g/mol. The van der Waals surface area contributed by atoms with Gasteiger partial charge >= 0.3 is 18.2 Å². The zero-order chi connectivity index (χ0) is 15.1. The second kappa shape index (κ2) is 7.20. The van der Waals surface area contributed by atoms with Gasteiger partial charge in [-0.25, -0.2) is 4.79 Å². The minimum Gasteiger partial charge on any atom is -0.481 e. The maximum Gasteiger partial charge on any atom is 0.390 e. The van der Waals surface area contributed by atoms with Crippen molar-refractivity contribution in [2.24, 2.45) is 5.41 Å². The number of hydrogen-bond acceptors (Lipinski definition) is 2. The summed E-state index contributed by atoms with van der Waals surface area (Å²) in [6.07, 6.45) is -4.81. The van der Waals surface area contributed by atoms with Crippen LogP contribution in [0.5, 0.6) is 0 Å². The van der Waals surface area contributed by atoms with Crippen molar-refractivity contribution in [1.29, 1.82) is 0 Å². The molecule has 0 aliphatic rings. The minimum absolute atomic E-state index is 0.118. The maximum absolute atomic E-state index is 11.8. The molecule has 0 unspecified atom stereocenters. The molecular formula is C11H19F3N2O3. The van der Waals surface area contributed by atoms with E-state index < -0.39 is 36.6 Å². The summed E-state index contributed by atoms with van der Waals surface area (Å²) in [5.41, 5.74) is -1.08. The van der Waals surface area contributed by atoms with Gasteiger partial charge in [-0.3, -0.25) is 4.79 Å². The fourth-order valence-electron chi connectivity index (χ4n) is 1.51. The first kappa shape index (κ1) is 17.5. The van der Waals surface area contributed by atoms with Gasteiger partial charge in [0.1, 0.15) is 0 Å². The molecule has 112 valence electrons. The topological polar surface area (TPSA) is 78.4 Å². The van der Waals surface area contributed by atoms with E-state index in [1.165, 1.54) is 0 Å². The summed E-state index contributed by atoms with van der Waals surface area (Å²) in [7, 11) is 0. The van der Waals surface area contributed by atoms with E-state index in [9.17, 15) is 22.8 Å². The van der Waals surface area contributed by atoms with Crippen LogP contribution in [0.3, 0.4) is 0 Å². The average Bonchev–Trinajstić information content (AvgIpc) is 2.29. The van der Waals surface area contributed by atoms with Gasteiger partial charge in [-0.2, -0.15) is 13.2 Å². The number of carboxylic acid groups (broad SMARTS) is 1. The Kier molecular flexibility index (Phi) is 6.64. The van der Waals surface area contributed by atoms with Crippen LogP contribution in [0.25, 0.3) is 0 Å². The first-order valence-electron chi connectivity index (χ1n) is 5.98. The van der Waals surface area contributed by atoms with Gasteiger partial charge in [-0.15, -0.1) is 0 Å². The fraction of sp³-hybridized carbons (Fsp3) is 0.818. The highest BCUT2D eigenvalue weighted by Gasteiger charge is 2.35. The highest BCUT2D eigenvalue weighted by molar-refractivity contribution is 5.78. The number of amides is 2. The standard InChI is InChI=1S/C11H19F3N2O3/c1-3-10(4-2,8(17)18)7-16-9(19)15-6-5-11(12,13)14/h3-7H2,1-2H3,(H,17,18)(H2,15,16,19). The van der Waals surface area contributed by atoms with Crippen molar-refractivity contribution in [2.45, 2.75) is 39.3 Å². The molecule has 0 saturated carbocycles. The van der Waals surface area contributed by atoms with Crippen LogP contribution >= 0.6 is 0 Å². The first-order valence-corrected chi connectivity index (χ1v) is 5.98. The van der Waals surface area contributed by atoms with Crippen LogP contribution in [-0.2, 0) is 4.79 Å². The van der Waals surface area contributed by atoms with Gasteiger partial charge in [0, 0.05) is 13.1 Å². The van der Waals surface area contributed by atoms with Crippen molar-refractivity contribution in [2.75, 3.05) is 13.1 Å². The highest BCUT2D eigenvalue weighted by atomic mass is 19.4.